The van der Waals surface area contributed by atoms with Crippen LogP contribution in [0.15, 0.2) is 253 Å². The summed E-state index contributed by atoms with van der Waals surface area (Å²) in [5, 5.41) is 1.91. The van der Waals surface area contributed by atoms with E-state index < -0.39 is 0 Å². The standard InChI is InChI=1S/C30H23O2S2.C27H23O2S/c1-22-21-27(34(25-9-4-2-5-10-25)26-11-6-3-7-12-26)18-19-28(22)32-24-16-14-23(15-17-24)30(31)29-13-8-20-33-29;1-20-19-26(17-18-27(20)29-23-15-13-22(14-16-23)21(2)28)30(24-9-5-3-6-10-24)25-11-7-4-8-12-25/h2-21H,1H3;3-19H,1-2H3/q2*+1. The molecule has 64 heavy (non-hydrogen) atoms. The van der Waals surface area contributed by atoms with Gasteiger partial charge in [-0.1, -0.05) is 78.9 Å². The van der Waals surface area contributed by atoms with Gasteiger partial charge in [0.2, 0.25) is 5.78 Å². The lowest BCUT2D eigenvalue weighted by molar-refractivity contribution is 0.101. The minimum absolute atomic E-state index is 0.0379. The molecule has 0 unspecified atom stereocenters. The summed E-state index contributed by atoms with van der Waals surface area (Å²) < 4.78 is 12.3. The van der Waals surface area contributed by atoms with Crippen molar-refractivity contribution in [2.75, 3.05) is 0 Å². The van der Waals surface area contributed by atoms with Crippen LogP contribution in [0.2, 0.25) is 0 Å². The Morgan fingerprint density at radius 3 is 1.11 bits per heavy atom. The van der Waals surface area contributed by atoms with Crippen molar-refractivity contribution in [3.8, 4) is 23.0 Å². The van der Waals surface area contributed by atoms with Crippen LogP contribution in [-0.2, 0) is 21.8 Å². The maximum absolute atomic E-state index is 12.5. The van der Waals surface area contributed by atoms with Crippen LogP contribution in [0, 0.1) is 13.8 Å². The zero-order valence-corrected chi connectivity index (χ0v) is 38.2. The van der Waals surface area contributed by atoms with Gasteiger partial charge < -0.3 is 9.47 Å². The first-order valence-electron chi connectivity index (χ1n) is 20.9. The van der Waals surface area contributed by atoms with Gasteiger partial charge in [0, 0.05) is 23.3 Å². The molecule has 1 heterocycles. The van der Waals surface area contributed by atoms with Crippen molar-refractivity contribution < 1.29 is 19.1 Å². The van der Waals surface area contributed by atoms with Crippen molar-refractivity contribution in [2.45, 2.75) is 50.1 Å². The zero-order valence-electron chi connectivity index (χ0n) is 35.7. The van der Waals surface area contributed by atoms with Gasteiger partial charge in [-0.25, -0.2) is 0 Å². The molecule has 0 spiro atoms. The highest BCUT2D eigenvalue weighted by molar-refractivity contribution is 7.97. The minimum Gasteiger partial charge on any atom is -0.457 e. The average Bonchev–Trinajstić information content (AvgIpc) is 3.88. The highest BCUT2D eigenvalue weighted by Gasteiger charge is 2.30. The predicted molar refractivity (Wildman–Crippen MR) is 263 cm³/mol. The van der Waals surface area contributed by atoms with Crippen molar-refractivity contribution in [3.05, 3.63) is 251 Å². The molecule has 9 rings (SSSR count). The maximum atomic E-state index is 12.5. The number of hydrogen-bond donors (Lipinski definition) is 0. The fourth-order valence-electron chi connectivity index (χ4n) is 7.01. The topological polar surface area (TPSA) is 52.6 Å². The normalized spacial score (nSPS) is 10.8. The fourth-order valence-corrected chi connectivity index (χ4v) is 12.0. The molecule has 4 nitrogen and oxygen atoms in total. The number of ketones is 2. The molecule has 0 aliphatic rings. The molecule has 8 aromatic carbocycles. The van der Waals surface area contributed by atoms with Crippen LogP contribution in [0.1, 0.15) is 43.6 Å². The smallest absolute Gasteiger partial charge is 0.202 e. The molecule has 0 saturated heterocycles. The lowest BCUT2D eigenvalue weighted by atomic mass is 10.1. The first kappa shape index (κ1) is 43.7. The van der Waals surface area contributed by atoms with E-state index in [1.54, 1.807) is 19.1 Å². The van der Waals surface area contributed by atoms with E-state index in [2.05, 4.69) is 159 Å². The van der Waals surface area contributed by atoms with Crippen molar-refractivity contribution in [3.63, 3.8) is 0 Å². The summed E-state index contributed by atoms with van der Waals surface area (Å²) in [5.41, 5.74) is 3.49. The molecular formula is C57H46O4S3+2. The predicted octanol–water partition coefficient (Wildman–Crippen LogP) is 15.3. The van der Waals surface area contributed by atoms with Gasteiger partial charge in [-0.2, -0.15) is 0 Å². The zero-order chi connectivity index (χ0) is 44.3. The quantitative estimate of drug-likeness (QED) is 0.0855. The molecule has 9 aromatic rings. The summed E-state index contributed by atoms with van der Waals surface area (Å²) in [6.07, 6.45) is 0. The Hall–Kier alpha value is -6.90. The van der Waals surface area contributed by atoms with Gasteiger partial charge in [-0.05, 0) is 165 Å². The number of benzene rings is 8. The molecule has 0 saturated carbocycles. The number of ether oxygens (including phenoxy) is 2. The largest absolute Gasteiger partial charge is 0.457 e. The molecular weight excluding hydrogens is 845 g/mol. The Labute approximate surface area is 385 Å². The Bertz CT molecular complexity index is 2840. The van der Waals surface area contributed by atoms with E-state index in [1.165, 1.54) is 40.7 Å². The van der Waals surface area contributed by atoms with E-state index in [-0.39, 0.29) is 33.4 Å². The number of rotatable bonds is 13. The van der Waals surface area contributed by atoms with Gasteiger partial charge in [0.15, 0.2) is 35.2 Å². The number of carbonyl (C=O) groups excluding carboxylic acids is 2. The molecule has 0 fully saturated rings. The van der Waals surface area contributed by atoms with E-state index in [0.717, 1.165) is 33.3 Å². The molecule has 0 aliphatic heterocycles. The molecule has 0 bridgehead atoms. The van der Waals surface area contributed by atoms with Gasteiger partial charge in [-0.15, -0.1) is 11.3 Å². The Morgan fingerprint density at radius 1 is 0.406 bits per heavy atom. The lowest BCUT2D eigenvalue weighted by Gasteiger charge is -2.12. The molecule has 0 radical (unpaired) electrons. The number of aryl methyl sites for hydroxylation is 2. The molecule has 0 aliphatic carbocycles. The molecule has 1 aromatic heterocycles. The number of thiophene rings is 1. The third-order valence-corrected chi connectivity index (χ3v) is 15.6. The first-order valence-corrected chi connectivity index (χ1v) is 24.2. The Balaban J connectivity index is 0.000000176. The molecule has 0 atom stereocenters. The van der Waals surface area contributed by atoms with Crippen LogP contribution in [0.4, 0.5) is 0 Å². The third kappa shape index (κ3) is 10.8. The summed E-state index contributed by atoms with van der Waals surface area (Å²) in [6.45, 7) is 5.71. The molecule has 7 heteroatoms. The lowest BCUT2D eigenvalue weighted by Crippen LogP contribution is -2.05. The van der Waals surface area contributed by atoms with Crippen molar-refractivity contribution in [1.82, 2.24) is 0 Å². The second kappa shape index (κ2) is 21.0. The highest BCUT2D eigenvalue weighted by atomic mass is 32.2. The molecule has 0 N–H and O–H groups in total. The Morgan fingerprint density at radius 2 is 0.781 bits per heavy atom. The molecule has 314 valence electrons. The number of carbonyl (C=O) groups is 2. The minimum atomic E-state index is -0.195. The second-order valence-electron chi connectivity index (χ2n) is 14.8. The van der Waals surface area contributed by atoms with Gasteiger partial charge in [0.05, 0.1) is 26.7 Å². The summed E-state index contributed by atoms with van der Waals surface area (Å²) >= 11 is 1.45. The third-order valence-electron chi connectivity index (χ3n) is 10.3. The van der Waals surface area contributed by atoms with Gasteiger partial charge in [0.25, 0.3) is 0 Å². The Kier molecular flexibility index (Phi) is 14.3. The summed E-state index contributed by atoms with van der Waals surface area (Å²) in [6, 6.07) is 73.6. The average molecular weight is 891 g/mol. The first-order chi connectivity index (χ1) is 31.3. The monoisotopic (exact) mass is 890 g/mol. The van der Waals surface area contributed by atoms with Crippen molar-refractivity contribution >= 4 is 44.7 Å². The van der Waals surface area contributed by atoms with E-state index in [9.17, 15) is 9.59 Å². The highest BCUT2D eigenvalue weighted by Crippen LogP contribution is 2.36. The van der Waals surface area contributed by atoms with E-state index in [4.69, 9.17) is 9.47 Å². The van der Waals surface area contributed by atoms with Crippen LogP contribution in [0.3, 0.4) is 0 Å². The summed E-state index contributed by atoms with van der Waals surface area (Å²) in [4.78, 5) is 32.4. The van der Waals surface area contributed by atoms with Gasteiger partial charge in [-0.3, -0.25) is 9.59 Å². The van der Waals surface area contributed by atoms with E-state index in [1.807, 2.05) is 66.0 Å². The van der Waals surface area contributed by atoms with Crippen molar-refractivity contribution in [1.29, 1.82) is 0 Å². The summed E-state index contributed by atoms with van der Waals surface area (Å²) in [5.74, 6) is 3.15. The number of Topliss-reactive ketones (excluding diaryl/α,β-unsaturated/α-hetero) is 1. The van der Waals surface area contributed by atoms with E-state index in [0.29, 0.717) is 16.9 Å². The van der Waals surface area contributed by atoms with Crippen LogP contribution in [-0.4, -0.2) is 11.6 Å². The van der Waals surface area contributed by atoms with Crippen LogP contribution in [0.25, 0.3) is 0 Å². The fraction of sp³-hybridized carbons (Fsp3) is 0.0526. The van der Waals surface area contributed by atoms with Crippen LogP contribution in [0.5, 0.6) is 23.0 Å². The van der Waals surface area contributed by atoms with Gasteiger partial charge >= 0.3 is 0 Å². The SMILES string of the molecule is CC(=O)c1ccc(Oc2ccc([S+](c3ccccc3)c3ccccc3)cc2C)cc1.Cc1cc([S+](c2ccccc2)c2ccccc2)ccc1Oc1ccc(C(=O)c2cccs2)cc1. The molecule has 0 amide bonds. The number of hydrogen-bond acceptors (Lipinski definition) is 5. The van der Waals surface area contributed by atoms with E-state index >= 15 is 0 Å². The van der Waals surface area contributed by atoms with Crippen molar-refractivity contribution in [2.24, 2.45) is 0 Å². The van der Waals surface area contributed by atoms with Gasteiger partial charge in [0.1, 0.15) is 23.0 Å². The second-order valence-corrected chi connectivity index (χ2v) is 19.8. The van der Waals surface area contributed by atoms with Crippen LogP contribution >= 0.6 is 11.3 Å². The maximum Gasteiger partial charge on any atom is 0.202 e. The summed E-state index contributed by atoms with van der Waals surface area (Å²) in [7, 11) is -0.376. The van der Waals surface area contributed by atoms with Crippen LogP contribution < -0.4 is 9.47 Å².